The average molecular weight is 421 g/mol. The number of halogens is 1. The van der Waals surface area contributed by atoms with E-state index in [1.807, 2.05) is 48.5 Å². The minimum absolute atomic E-state index is 0.0645. The van der Waals surface area contributed by atoms with Gasteiger partial charge in [-0.15, -0.1) is 10.2 Å². The molecule has 1 unspecified atom stereocenters. The summed E-state index contributed by atoms with van der Waals surface area (Å²) in [4.78, 5) is 14.9. The normalized spacial score (nSPS) is 16.3. The van der Waals surface area contributed by atoms with Gasteiger partial charge in [0.15, 0.2) is 5.82 Å². The summed E-state index contributed by atoms with van der Waals surface area (Å²) in [6, 6.07) is 19.5. The average Bonchev–Trinajstić information content (AvgIpc) is 2.80. The number of nitrogens with zero attached hydrogens (tertiary/aromatic N) is 3. The van der Waals surface area contributed by atoms with E-state index in [-0.39, 0.29) is 11.8 Å². The first-order valence-corrected chi connectivity index (χ1v) is 10.7. The molecule has 2 aromatic carbocycles. The van der Waals surface area contributed by atoms with Gasteiger partial charge in [-0.1, -0.05) is 42.8 Å². The van der Waals surface area contributed by atoms with Crippen LogP contribution in [0.5, 0.6) is 0 Å². The fourth-order valence-electron chi connectivity index (χ4n) is 3.74. The van der Waals surface area contributed by atoms with E-state index in [1.165, 1.54) is 5.56 Å². The van der Waals surface area contributed by atoms with Gasteiger partial charge in [0.25, 0.3) is 0 Å². The van der Waals surface area contributed by atoms with Crippen molar-refractivity contribution in [1.82, 2.24) is 10.2 Å². The first-order valence-electron chi connectivity index (χ1n) is 10.4. The molecule has 154 valence electrons. The van der Waals surface area contributed by atoms with Gasteiger partial charge < -0.3 is 10.2 Å². The number of piperidine rings is 1. The van der Waals surface area contributed by atoms with Crippen molar-refractivity contribution in [2.45, 2.75) is 26.2 Å². The van der Waals surface area contributed by atoms with E-state index in [1.54, 1.807) is 0 Å². The third-order valence-electron chi connectivity index (χ3n) is 5.54. The van der Waals surface area contributed by atoms with Gasteiger partial charge in [-0.05, 0) is 61.2 Å². The maximum absolute atomic E-state index is 12.8. The number of benzene rings is 2. The topological polar surface area (TPSA) is 58.1 Å². The predicted molar refractivity (Wildman–Crippen MR) is 122 cm³/mol. The molecule has 1 fully saturated rings. The van der Waals surface area contributed by atoms with Crippen molar-refractivity contribution in [2.75, 3.05) is 23.3 Å². The number of amides is 1. The molecule has 4 rings (SSSR count). The fraction of sp³-hybridized carbons (Fsp3) is 0.292. The minimum Gasteiger partial charge on any atom is -0.354 e. The summed E-state index contributed by atoms with van der Waals surface area (Å²) >= 11 is 5.95. The molecular weight excluding hydrogens is 396 g/mol. The molecule has 1 amide bonds. The number of aryl methyl sites for hydroxylation is 1. The lowest BCUT2D eigenvalue weighted by Gasteiger charge is -2.32. The quantitative estimate of drug-likeness (QED) is 0.615. The molecule has 0 bridgehead atoms. The maximum Gasteiger partial charge on any atom is 0.229 e. The van der Waals surface area contributed by atoms with Crippen LogP contribution < -0.4 is 10.2 Å². The van der Waals surface area contributed by atoms with E-state index in [0.29, 0.717) is 11.6 Å². The number of carbonyl (C=O) groups is 1. The molecule has 2 heterocycles. The van der Waals surface area contributed by atoms with Crippen LogP contribution in [0.2, 0.25) is 5.02 Å². The summed E-state index contributed by atoms with van der Waals surface area (Å²) in [7, 11) is 0. The number of nitrogens with one attached hydrogen (secondary N) is 1. The predicted octanol–water partition coefficient (Wildman–Crippen LogP) is 5.21. The Balaban J connectivity index is 1.40. The van der Waals surface area contributed by atoms with Gasteiger partial charge >= 0.3 is 0 Å². The van der Waals surface area contributed by atoms with Crippen LogP contribution in [0.4, 0.5) is 11.5 Å². The third-order valence-corrected chi connectivity index (χ3v) is 5.79. The first kappa shape index (κ1) is 20.4. The van der Waals surface area contributed by atoms with Crippen molar-refractivity contribution in [3.8, 4) is 11.3 Å². The van der Waals surface area contributed by atoms with Crippen LogP contribution in [0.1, 0.15) is 25.3 Å². The molecule has 0 saturated carbocycles. The lowest BCUT2D eigenvalue weighted by Crippen LogP contribution is -2.41. The largest absolute Gasteiger partial charge is 0.354 e. The molecule has 1 aliphatic heterocycles. The highest BCUT2D eigenvalue weighted by Crippen LogP contribution is 2.25. The van der Waals surface area contributed by atoms with Crippen molar-refractivity contribution < 1.29 is 4.79 Å². The molecule has 3 aromatic rings. The second-order valence-electron chi connectivity index (χ2n) is 7.61. The highest BCUT2D eigenvalue weighted by Gasteiger charge is 2.26. The van der Waals surface area contributed by atoms with Gasteiger partial charge in [0.1, 0.15) is 0 Å². The monoisotopic (exact) mass is 420 g/mol. The molecule has 1 saturated heterocycles. The van der Waals surface area contributed by atoms with Crippen LogP contribution in [0.25, 0.3) is 11.3 Å². The number of anilines is 2. The maximum atomic E-state index is 12.8. The van der Waals surface area contributed by atoms with Crippen molar-refractivity contribution >= 4 is 29.0 Å². The van der Waals surface area contributed by atoms with Crippen molar-refractivity contribution in [3.63, 3.8) is 0 Å². The standard InChI is InChI=1S/C24H25ClN4O/c1-2-17-5-11-21(12-6-17)26-24(30)19-4-3-15-29(16-19)23-14-13-22(27-28-23)18-7-9-20(25)10-8-18/h5-14,19H,2-4,15-16H2,1H3,(H,26,30). The molecule has 1 atom stereocenters. The van der Waals surface area contributed by atoms with Gasteiger partial charge in [-0.25, -0.2) is 0 Å². The molecule has 0 spiro atoms. The summed E-state index contributed by atoms with van der Waals surface area (Å²) < 4.78 is 0. The van der Waals surface area contributed by atoms with E-state index < -0.39 is 0 Å². The number of aromatic nitrogens is 2. The summed E-state index contributed by atoms with van der Waals surface area (Å²) in [5.41, 5.74) is 3.89. The number of hydrogen-bond donors (Lipinski definition) is 1. The summed E-state index contributed by atoms with van der Waals surface area (Å²) in [6.45, 7) is 3.65. The van der Waals surface area contributed by atoms with Crippen molar-refractivity contribution in [2.24, 2.45) is 5.92 Å². The lowest BCUT2D eigenvalue weighted by molar-refractivity contribution is -0.120. The van der Waals surface area contributed by atoms with Gasteiger partial charge in [0.05, 0.1) is 11.6 Å². The molecule has 1 N–H and O–H groups in total. The van der Waals surface area contributed by atoms with Crippen LogP contribution in [-0.2, 0) is 11.2 Å². The Morgan fingerprint density at radius 2 is 1.83 bits per heavy atom. The Morgan fingerprint density at radius 3 is 2.50 bits per heavy atom. The highest BCUT2D eigenvalue weighted by atomic mass is 35.5. The molecule has 0 radical (unpaired) electrons. The number of rotatable bonds is 5. The zero-order valence-corrected chi connectivity index (χ0v) is 17.8. The molecule has 6 heteroatoms. The van der Waals surface area contributed by atoms with Gasteiger partial charge in [-0.3, -0.25) is 4.79 Å². The first-order chi connectivity index (χ1) is 14.6. The Hall–Kier alpha value is -2.92. The summed E-state index contributed by atoms with van der Waals surface area (Å²) in [5, 5.41) is 12.5. The van der Waals surface area contributed by atoms with E-state index in [2.05, 4.69) is 39.5 Å². The highest BCUT2D eigenvalue weighted by molar-refractivity contribution is 6.30. The van der Waals surface area contributed by atoms with E-state index in [4.69, 9.17) is 11.6 Å². The van der Waals surface area contributed by atoms with Crippen LogP contribution in [0.3, 0.4) is 0 Å². The SMILES string of the molecule is CCc1ccc(NC(=O)C2CCCN(c3ccc(-c4ccc(Cl)cc4)nn3)C2)cc1. The van der Waals surface area contributed by atoms with Crippen LogP contribution in [0.15, 0.2) is 60.7 Å². The molecule has 1 aromatic heterocycles. The third kappa shape index (κ3) is 4.79. The van der Waals surface area contributed by atoms with Crippen molar-refractivity contribution in [3.05, 3.63) is 71.2 Å². The fourth-order valence-corrected chi connectivity index (χ4v) is 3.86. The molecule has 5 nitrogen and oxygen atoms in total. The van der Waals surface area contributed by atoms with Crippen molar-refractivity contribution in [1.29, 1.82) is 0 Å². The Kier molecular flexibility index (Phi) is 6.29. The van der Waals surface area contributed by atoms with E-state index in [9.17, 15) is 4.79 Å². The van der Waals surface area contributed by atoms with Gasteiger partial charge in [0, 0.05) is 29.4 Å². The summed E-state index contributed by atoms with van der Waals surface area (Å²) in [5.74, 6) is 0.801. The number of hydrogen-bond acceptors (Lipinski definition) is 4. The Bertz CT molecular complexity index is 987. The summed E-state index contributed by atoms with van der Waals surface area (Å²) in [6.07, 6.45) is 2.82. The second kappa shape index (κ2) is 9.26. The second-order valence-corrected chi connectivity index (χ2v) is 8.04. The molecule has 0 aliphatic carbocycles. The van der Waals surface area contributed by atoms with E-state index >= 15 is 0 Å². The Labute approximate surface area is 182 Å². The molecule has 30 heavy (non-hydrogen) atoms. The minimum atomic E-state index is -0.0673. The molecular formula is C24H25ClN4O. The Morgan fingerprint density at radius 1 is 1.07 bits per heavy atom. The zero-order chi connectivity index (χ0) is 20.9. The molecule has 1 aliphatic rings. The van der Waals surface area contributed by atoms with E-state index in [0.717, 1.165) is 48.6 Å². The number of carbonyl (C=O) groups excluding carboxylic acids is 1. The smallest absolute Gasteiger partial charge is 0.229 e. The van der Waals surface area contributed by atoms with Crippen LogP contribution >= 0.6 is 11.6 Å². The van der Waals surface area contributed by atoms with Crippen LogP contribution in [-0.4, -0.2) is 29.2 Å². The van der Waals surface area contributed by atoms with Gasteiger partial charge in [-0.2, -0.15) is 0 Å². The lowest BCUT2D eigenvalue weighted by atomic mass is 9.97. The van der Waals surface area contributed by atoms with Crippen LogP contribution in [0, 0.1) is 5.92 Å². The van der Waals surface area contributed by atoms with Gasteiger partial charge in [0.2, 0.25) is 5.91 Å². The zero-order valence-electron chi connectivity index (χ0n) is 17.0.